The van der Waals surface area contributed by atoms with Gasteiger partial charge in [0.1, 0.15) is 11.5 Å². The second-order valence-electron chi connectivity index (χ2n) is 7.62. The summed E-state index contributed by atoms with van der Waals surface area (Å²) in [5.74, 6) is 0.531. The Kier molecular flexibility index (Phi) is 4.40. The summed E-state index contributed by atoms with van der Waals surface area (Å²) in [7, 11) is 0. The Bertz CT molecular complexity index is 1360. The predicted octanol–water partition coefficient (Wildman–Crippen LogP) is 7.30. The molecule has 5 aromatic rings. The van der Waals surface area contributed by atoms with Crippen LogP contribution >= 0.6 is 0 Å². The van der Waals surface area contributed by atoms with Crippen LogP contribution in [-0.2, 0) is 6.42 Å². The van der Waals surface area contributed by atoms with Crippen LogP contribution in [0.4, 0.5) is 0 Å². The largest absolute Gasteiger partial charge is 0.508 e. The molecule has 2 N–H and O–H groups in total. The number of phenolic OH excluding ortho intramolecular Hbond substituents is 2. The minimum Gasteiger partial charge on any atom is -0.508 e. The second-order valence-corrected chi connectivity index (χ2v) is 7.62. The van der Waals surface area contributed by atoms with Gasteiger partial charge in [-0.1, -0.05) is 73.7 Å². The lowest BCUT2D eigenvalue weighted by Gasteiger charge is -2.18. The van der Waals surface area contributed by atoms with E-state index in [1.807, 2.05) is 24.3 Å². The average Bonchev–Trinajstić information content (AvgIpc) is 2.78. The Labute approximate surface area is 175 Å². The minimum atomic E-state index is 0.265. The van der Waals surface area contributed by atoms with E-state index in [2.05, 4.69) is 49.4 Å². The Morgan fingerprint density at radius 3 is 1.50 bits per heavy atom. The van der Waals surface area contributed by atoms with Crippen LogP contribution in [0.3, 0.4) is 0 Å². The van der Waals surface area contributed by atoms with E-state index in [1.165, 1.54) is 38.2 Å². The molecule has 0 heterocycles. The zero-order valence-electron chi connectivity index (χ0n) is 16.8. The molecule has 0 saturated carbocycles. The highest BCUT2D eigenvalue weighted by molar-refractivity contribution is 6.21. The molecule has 5 aromatic carbocycles. The maximum absolute atomic E-state index is 9.81. The van der Waals surface area contributed by atoms with E-state index in [-0.39, 0.29) is 11.5 Å². The van der Waals surface area contributed by atoms with Gasteiger partial charge >= 0.3 is 0 Å². The standard InChI is InChI=1S/C28H22O2/c1-2-18-7-16-25-26(17-18)28(20-10-14-22(30)15-11-20)24-6-4-3-5-23(24)27(25)19-8-12-21(29)13-9-19/h3-17,29-30H,2H2,1H3. The second kappa shape index (κ2) is 7.23. The van der Waals surface area contributed by atoms with Crippen LogP contribution in [0.25, 0.3) is 43.8 Å². The van der Waals surface area contributed by atoms with E-state index in [0.717, 1.165) is 17.5 Å². The van der Waals surface area contributed by atoms with Crippen LogP contribution in [0.5, 0.6) is 11.5 Å². The zero-order chi connectivity index (χ0) is 20.7. The van der Waals surface area contributed by atoms with Gasteiger partial charge in [0.2, 0.25) is 0 Å². The van der Waals surface area contributed by atoms with Crippen LogP contribution < -0.4 is 0 Å². The summed E-state index contributed by atoms with van der Waals surface area (Å²) in [4.78, 5) is 0. The monoisotopic (exact) mass is 390 g/mol. The quantitative estimate of drug-likeness (QED) is 0.317. The average molecular weight is 390 g/mol. The first-order valence-electron chi connectivity index (χ1n) is 10.2. The van der Waals surface area contributed by atoms with Crippen LogP contribution in [0.2, 0.25) is 0 Å². The van der Waals surface area contributed by atoms with E-state index in [4.69, 9.17) is 0 Å². The number of benzene rings is 5. The van der Waals surface area contributed by atoms with Gasteiger partial charge in [0.05, 0.1) is 0 Å². The summed E-state index contributed by atoms with van der Waals surface area (Å²) in [6, 6.07) is 30.0. The fourth-order valence-corrected chi connectivity index (χ4v) is 4.32. The number of aryl methyl sites for hydroxylation is 1. The molecule has 0 aromatic heterocycles. The summed E-state index contributed by atoms with van der Waals surface area (Å²) in [5, 5.41) is 24.3. The minimum absolute atomic E-state index is 0.265. The molecule has 2 nitrogen and oxygen atoms in total. The summed E-state index contributed by atoms with van der Waals surface area (Å²) < 4.78 is 0. The van der Waals surface area contributed by atoms with Crippen molar-refractivity contribution in [1.29, 1.82) is 0 Å². The Hall–Kier alpha value is -3.78. The molecule has 0 spiro atoms. The lowest BCUT2D eigenvalue weighted by Crippen LogP contribution is -1.92. The van der Waals surface area contributed by atoms with E-state index in [9.17, 15) is 10.2 Å². The highest BCUT2D eigenvalue weighted by Gasteiger charge is 2.17. The van der Waals surface area contributed by atoms with Crippen LogP contribution in [0, 0.1) is 0 Å². The SMILES string of the molecule is CCc1ccc2c(-c3ccc(O)cc3)c3ccccc3c(-c3ccc(O)cc3)c2c1. The molecular weight excluding hydrogens is 368 g/mol. The summed E-state index contributed by atoms with van der Waals surface area (Å²) in [6.07, 6.45) is 0.965. The smallest absolute Gasteiger partial charge is 0.115 e. The van der Waals surface area contributed by atoms with Crippen molar-refractivity contribution in [3.63, 3.8) is 0 Å². The highest BCUT2D eigenvalue weighted by Crippen LogP contribution is 2.44. The Morgan fingerprint density at radius 1 is 0.533 bits per heavy atom. The first kappa shape index (κ1) is 18.3. The van der Waals surface area contributed by atoms with E-state index in [1.54, 1.807) is 24.3 Å². The molecular formula is C28H22O2. The predicted molar refractivity (Wildman–Crippen MR) is 125 cm³/mol. The summed E-state index contributed by atoms with van der Waals surface area (Å²) in [5.41, 5.74) is 5.80. The van der Waals surface area contributed by atoms with E-state index < -0.39 is 0 Å². The lowest BCUT2D eigenvalue weighted by molar-refractivity contribution is 0.475. The third-order valence-electron chi connectivity index (χ3n) is 5.81. The first-order valence-corrected chi connectivity index (χ1v) is 10.2. The van der Waals surface area contributed by atoms with E-state index in [0.29, 0.717) is 0 Å². The fraction of sp³-hybridized carbons (Fsp3) is 0.0714. The van der Waals surface area contributed by atoms with Gasteiger partial charge in [-0.15, -0.1) is 0 Å². The number of aromatic hydroxyl groups is 2. The van der Waals surface area contributed by atoms with Gasteiger partial charge in [0, 0.05) is 0 Å². The van der Waals surface area contributed by atoms with Crippen LogP contribution in [-0.4, -0.2) is 10.2 Å². The molecule has 0 saturated heterocycles. The first-order chi connectivity index (χ1) is 14.7. The zero-order valence-corrected chi connectivity index (χ0v) is 16.8. The molecule has 0 atom stereocenters. The molecule has 0 fully saturated rings. The topological polar surface area (TPSA) is 40.5 Å². The van der Waals surface area contributed by atoms with Crippen molar-refractivity contribution in [2.24, 2.45) is 0 Å². The van der Waals surface area contributed by atoms with Crippen molar-refractivity contribution in [3.05, 3.63) is 96.6 Å². The van der Waals surface area contributed by atoms with Crippen LogP contribution in [0.15, 0.2) is 91.0 Å². The number of hydrogen-bond donors (Lipinski definition) is 2. The molecule has 30 heavy (non-hydrogen) atoms. The highest BCUT2D eigenvalue weighted by atomic mass is 16.3. The molecule has 0 aliphatic carbocycles. The number of fused-ring (bicyclic) bond motifs is 2. The number of phenols is 2. The van der Waals surface area contributed by atoms with Crippen molar-refractivity contribution in [3.8, 4) is 33.8 Å². The van der Waals surface area contributed by atoms with Crippen LogP contribution in [0.1, 0.15) is 12.5 Å². The van der Waals surface area contributed by atoms with Gasteiger partial charge in [-0.2, -0.15) is 0 Å². The maximum atomic E-state index is 9.81. The van der Waals surface area contributed by atoms with Gasteiger partial charge in [-0.25, -0.2) is 0 Å². The molecule has 146 valence electrons. The van der Waals surface area contributed by atoms with Gasteiger partial charge in [0.25, 0.3) is 0 Å². The molecule has 0 aliphatic rings. The summed E-state index contributed by atoms with van der Waals surface area (Å²) in [6.45, 7) is 2.17. The lowest BCUT2D eigenvalue weighted by atomic mass is 9.85. The van der Waals surface area contributed by atoms with Gasteiger partial charge in [-0.05, 0) is 80.0 Å². The molecule has 0 amide bonds. The normalized spacial score (nSPS) is 11.2. The van der Waals surface area contributed by atoms with Crippen molar-refractivity contribution >= 4 is 21.5 Å². The third-order valence-corrected chi connectivity index (χ3v) is 5.81. The van der Waals surface area contributed by atoms with Gasteiger partial charge in [-0.3, -0.25) is 0 Å². The molecule has 2 heteroatoms. The number of hydrogen-bond acceptors (Lipinski definition) is 2. The fourth-order valence-electron chi connectivity index (χ4n) is 4.32. The molecule has 0 bridgehead atoms. The van der Waals surface area contributed by atoms with Gasteiger partial charge in [0.15, 0.2) is 0 Å². The van der Waals surface area contributed by atoms with Crippen molar-refractivity contribution < 1.29 is 10.2 Å². The third kappa shape index (κ3) is 2.98. The maximum Gasteiger partial charge on any atom is 0.115 e. The molecule has 0 radical (unpaired) electrons. The Morgan fingerprint density at radius 2 is 1.00 bits per heavy atom. The number of rotatable bonds is 3. The van der Waals surface area contributed by atoms with E-state index >= 15 is 0 Å². The summed E-state index contributed by atoms with van der Waals surface area (Å²) >= 11 is 0. The molecule has 0 unspecified atom stereocenters. The molecule has 5 rings (SSSR count). The van der Waals surface area contributed by atoms with Crippen molar-refractivity contribution in [2.75, 3.05) is 0 Å². The molecule has 0 aliphatic heterocycles. The van der Waals surface area contributed by atoms with Crippen molar-refractivity contribution in [1.82, 2.24) is 0 Å². The van der Waals surface area contributed by atoms with Crippen molar-refractivity contribution in [2.45, 2.75) is 13.3 Å². The van der Waals surface area contributed by atoms with Gasteiger partial charge < -0.3 is 10.2 Å². The Balaban J connectivity index is 1.97.